The lowest BCUT2D eigenvalue weighted by Crippen LogP contribution is -1.98. The fourth-order valence-electron chi connectivity index (χ4n) is 1.48. The van der Waals surface area contributed by atoms with E-state index in [0.717, 1.165) is 5.75 Å². The normalized spacial score (nSPS) is 10.0. The Morgan fingerprint density at radius 3 is 2.94 bits per heavy atom. The molecule has 0 unspecified atom stereocenters. The number of hydrogen-bond acceptors (Lipinski definition) is 5. The minimum Gasteiger partial charge on any atom is -0.382 e. The molecule has 1 heterocycles. The molecule has 0 radical (unpaired) electrons. The Morgan fingerprint density at radius 1 is 1.44 bits per heavy atom. The first-order valence-electron chi connectivity index (χ1n) is 5.40. The lowest BCUT2D eigenvalue weighted by atomic mass is 10.2. The van der Waals surface area contributed by atoms with Crippen molar-refractivity contribution in [2.24, 2.45) is 0 Å². The van der Waals surface area contributed by atoms with E-state index in [0.29, 0.717) is 10.7 Å². The van der Waals surface area contributed by atoms with Crippen LogP contribution in [0, 0.1) is 18.3 Å². The number of nitrogen functional groups attached to an aromatic ring is 1. The van der Waals surface area contributed by atoms with Crippen molar-refractivity contribution in [1.82, 2.24) is 9.97 Å². The van der Waals surface area contributed by atoms with Crippen molar-refractivity contribution in [1.29, 1.82) is 5.26 Å². The van der Waals surface area contributed by atoms with Crippen molar-refractivity contribution < 1.29 is 0 Å². The van der Waals surface area contributed by atoms with Crippen LogP contribution in [0.2, 0.25) is 0 Å². The van der Waals surface area contributed by atoms with E-state index in [9.17, 15) is 0 Å². The molecule has 0 aliphatic rings. The van der Waals surface area contributed by atoms with Crippen LogP contribution in [-0.4, -0.2) is 9.97 Å². The van der Waals surface area contributed by atoms with Crippen LogP contribution in [0.4, 0.5) is 5.82 Å². The zero-order valence-electron chi connectivity index (χ0n) is 9.92. The van der Waals surface area contributed by atoms with Crippen LogP contribution >= 0.6 is 11.8 Å². The Bertz CT molecular complexity index is 604. The van der Waals surface area contributed by atoms with Crippen molar-refractivity contribution >= 4 is 17.6 Å². The molecule has 0 atom stereocenters. The molecule has 0 amide bonds. The predicted octanol–water partition coefficient (Wildman–Crippen LogP) is 2.53. The van der Waals surface area contributed by atoms with E-state index in [1.807, 2.05) is 12.1 Å². The molecular weight excluding hydrogens is 244 g/mol. The van der Waals surface area contributed by atoms with Crippen LogP contribution in [-0.2, 0) is 5.75 Å². The topological polar surface area (TPSA) is 75.6 Å². The first kappa shape index (κ1) is 12.4. The Balaban J connectivity index is 2.07. The smallest absolute Gasteiger partial charge is 0.189 e. The molecular formula is C13H12N4S. The van der Waals surface area contributed by atoms with E-state index in [1.165, 1.54) is 29.1 Å². The van der Waals surface area contributed by atoms with Gasteiger partial charge in [0.2, 0.25) is 0 Å². The van der Waals surface area contributed by atoms with Gasteiger partial charge >= 0.3 is 0 Å². The number of anilines is 1. The molecule has 0 aliphatic heterocycles. The van der Waals surface area contributed by atoms with Gasteiger partial charge in [0.05, 0.1) is 6.20 Å². The van der Waals surface area contributed by atoms with Crippen molar-refractivity contribution in [2.75, 3.05) is 5.73 Å². The lowest BCUT2D eigenvalue weighted by Gasteiger charge is -2.03. The SMILES string of the molecule is Cc1cccc(CSc2ncc(C#N)c(N)n2)c1. The highest BCUT2D eigenvalue weighted by Crippen LogP contribution is 2.21. The van der Waals surface area contributed by atoms with Gasteiger partial charge in [-0.05, 0) is 12.5 Å². The maximum atomic E-state index is 8.73. The van der Waals surface area contributed by atoms with E-state index >= 15 is 0 Å². The van der Waals surface area contributed by atoms with Gasteiger partial charge in [-0.1, -0.05) is 41.6 Å². The molecule has 0 saturated carbocycles. The third kappa shape index (κ3) is 2.99. The molecule has 1 aromatic heterocycles. The molecule has 18 heavy (non-hydrogen) atoms. The lowest BCUT2D eigenvalue weighted by molar-refractivity contribution is 0.969. The summed E-state index contributed by atoms with van der Waals surface area (Å²) in [6, 6.07) is 10.2. The highest BCUT2D eigenvalue weighted by atomic mass is 32.2. The number of benzene rings is 1. The molecule has 0 aliphatic carbocycles. The highest BCUT2D eigenvalue weighted by Gasteiger charge is 2.04. The summed E-state index contributed by atoms with van der Waals surface area (Å²) in [4.78, 5) is 8.19. The number of nitriles is 1. The Kier molecular flexibility index (Phi) is 3.80. The summed E-state index contributed by atoms with van der Waals surface area (Å²) >= 11 is 1.50. The second kappa shape index (κ2) is 5.52. The summed E-state index contributed by atoms with van der Waals surface area (Å²) in [6.07, 6.45) is 1.46. The predicted molar refractivity (Wildman–Crippen MR) is 71.9 cm³/mol. The third-order valence-electron chi connectivity index (χ3n) is 2.37. The van der Waals surface area contributed by atoms with E-state index in [1.54, 1.807) is 0 Å². The molecule has 5 heteroatoms. The summed E-state index contributed by atoms with van der Waals surface area (Å²) in [7, 11) is 0. The van der Waals surface area contributed by atoms with Crippen molar-refractivity contribution in [2.45, 2.75) is 17.8 Å². The molecule has 4 nitrogen and oxygen atoms in total. The third-order valence-corrected chi connectivity index (χ3v) is 3.30. The van der Waals surface area contributed by atoms with Crippen LogP contribution in [0.1, 0.15) is 16.7 Å². The zero-order valence-corrected chi connectivity index (χ0v) is 10.7. The second-order valence-electron chi connectivity index (χ2n) is 3.84. The molecule has 0 fully saturated rings. The molecule has 0 saturated heterocycles. The monoisotopic (exact) mass is 256 g/mol. The number of nitrogens with two attached hydrogens (primary N) is 1. The standard InChI is InChI=1S/C13H12N4S/c1-9-3-2-4-10(5-9)8-18-13-16-7-11(6-14)12(15)17-13/h2-5,7H,8H2,1H3,(H2,15,16,17). The van der Waals surface area contributed by atoms with Crippen molar-refractivity contribution in [3.8, 4) is 6.07 Å². The quantitative estimate of drug-likeness (QED) is 0.674. The first-order chi connectivity index (χ1) is 8.69. The van der Waals surface area contributed by atoms with E-state index in [4.69, 9.17) is 11.0 Å². The van der Waals surface area contributed by atoms with Crippen LogP contribution in [0.25, 0.3) is 0 Å². The zero-order chi connectivity index (χ0) is 13.0. The Hall–Kier alpha value is -2.06. The summed E-state index contributed by atoms with van der Waals surface area (Å²) in [5, 5.41) is 9.32. The van der Waals surface area contributed by atoms with Crippen LogP contribution in [0.5, 0.6) is 0 Å². The molecule has 90 valence electrons. The van der Waals surface area contributed by atoms with Gasteiger partial charge in [0.1, 0.15) is 17.5 Å². The largest absolute Gasteiger partial charge is 0.382 e. The molecule has 0 spiro atoms. The summed E-state index contributed by atoms with van der Waals surface area (Å²) in [5.41, 5.74) is 8.40. The van der Waals surface area contributed by atoms with Crippen LogP contribution in [0.3, 0.4) is 0 Å². The van der Waals surface area contributed by atoms with Crippen molar-refractivity contribution in [3.05, 3.63) is 47.2 Å². The maximum Gasteiger partial charge on any atom is 0.189 e. The van der Waals surface area contributed by atoms with Crippen molar-refractivity contribution in [3.63, 3.8) is 0 Å². The van der Waals surface area contributed by atoms with E-state index in [2.05, 4.69) is 35.1 Å². The summed E-state index contributed by atoms with van der Waals surface area (Å²) < 4.78 is 0. The number of aryl methyl sites for hydroxylation is 1. The molecule has 2 aromatic rings. The Labute approximate surface area is 110 Å². The molecule has 2 rings (SSSR count). The molecule has 0 bridgehead atoms. The first-order valence-corrected chi connectivity index (χ1v) is 6.38. The van der Waals surface area contributed by atoms with Gasteiger partial charge in [0.25, 0.3) is 0 Å². The minimum absolute atomic E-state index is 0.235. The van der Waals surface area contributed by atoms with Crippen LogP contribution in [0.15, 0.2) is 35.6 Å². The number of aromatic nitrogens is 2. The summed E-state index contributed by atoms with van der Waals surface area (Å²) in [6.45, 7) is 2.06. The van der Waals surface area contributed by atoms with Gasteiger partial charge in [0, 0.05) is 5.75 Å². The molecule has 1 aromatic carbocycles. The number of thioether (sulfide) groups is 1. The number of nitrogens with zero attached hydrogens (tertiary/aromatic N) is 3. The van der Waals surface area contributed by atoms with Gasteiger partial charge in [-0.15, -0.1) is 0 Å². The fraction of sp³-hybridized carbons (Fsp3) is 0.154. The van der Waals surface area contributed by atoms with Gasteiger partial charge in [0.15, 0.2) is 5.16 Å². The average Bonchev–Trinajstić information content (AvgIpc) is 2.37. The van der Waals surface area contributed by atoms with Crippen LogP contribution < -0.4 is 5.73 Å². The second-order valence-corrected chi connectivity index (χ2v) is 4.78. The van der Waals surface area contributed by atoms with Gasteiger partial charge in [-0.3, -0.25) is 0 Å². The fourth-order valence-corrected chi connectivity index (χ4v) is 2.25. The molecule has 2 N–H and O–H groups in total. The van der Waals surface area contributed by atoms with Gasteiger partial charge < -0.3 is 5.73 Å². The maximum absolute atomic E-state index is 8.73. The average molecular weight is 256 g/mol. The van der Waals surface area contributed by atoms with Gasteiger partial charge in [-0.25, -0.2) is 9.97 Å². The van der Waals surface area contributed by atoms with E-state index in [-0.39, 0.29) is 5.82 Å². The summed E-state index contributed by atoms with van der Waals surface area (Å²) in [5.74, 6) is 1.02. The van der Waals surface area contributed by atoms with E-state index < -0.39 is 0 Å². The Morgan fingerprint density at radius 2 is 2.28 bits per heavy atom. The highest BCUT2D eigenvalue weighted by molar-refractivity contribution is 7.98. The number of hydrogen-bond donors (Lipinski definition) is 1. The minimum atomic E-state index is 0.235. The van der Waals surface area contributed by atoms with Gasteiger partial charge in [-0.2, -0.15) is 5.26 Å². The number of rotatable bonds is 3.